The maximum Gasteiger partial charge on any atom is 0.0958 e. The van der Waals surface area contributed by atoms with Gasteiger partial charge >= 0.3 is 0 Å². The molecule has 2 aliphatic heterocycles. The Balaban J connectivity index is 0.000000110. The third-order valence-electron chi connectivity index (χ3n) is 5.16. The van der Waals surface area contributed by atoms with E-state index >= 15 is 0 Å². The molecule has 0 unspecified atom stereocenters. The van der Waals surface area contributed by atoms with Gasteiger partial charge in [-0.15, -0.1) is 0 Å². The molecular weight excluding hydrogens is 296 g/mol. The Kier molecular flexibility index (Phi) is 3.15. The van der Waals surface area contributed by atoms with E-state index in [1.54, 1.807) is 0 Å². The minimum Gasteiger partial charge on any atom is -0.330 e. The largest absolute Gasteiger partial charge is 0.330 e. The summed E-state index contributed by atoms with van der Waals surface area (Å²) >= 11 is 0. The van der Waals surface area contributed by atoms with Gasteiger partial charge in [0.2, 0.25) is 0 Å². The molecule has 4 heterocycles. The SMILES string of the molecule is c1cc2c3c(c1)ncn3CC2.c1cc2c3c(c1)ncn3CCCC2. The fraction of sp³-hybridized carbons (Fsp3) is 0.300. The molecule has 4 heteroatoms. The van der Waals surface area contributed by atoms with Crippen molar-refractivity contribution in [3.8, 4) is 0 Å². The van der Waals surface area contributed by atoms with Crippen LogP contribution in [0.5, 0.6) is 0 Å². The van der Waals surface area contributed by atoms with E-state index in [0.29, 0.717) is 0 Å². The van der Waals surface area contributed by atoms with Crippen molar-refractivity contribution in [3.63, 3.8) is 0 Å². The van der Waals surface area contributed by atoms with Crippen molar-refractivity contribution >= 4 is 22.1 Å². The Morgan fingerprint density at radius 2 is 1.29 bits per heavy atom. The molecule has 0 radical (unpaired) electrons. The number of para-hydroxylation sites is 2. The van der Waals surface area contributed by atoms with Crippen molar-refractivity contribution in [2.24, 2.45) is 0 Å². The zero-order valence-electron chi connectivity index (χ0n) is 13.7. The Bertz CT molecular complexity index is 1020. The molecule has 2 aromatic heterocycles. The van der Waals surface area contributed by atoms with E-state index in [-0.39, 0.29) is 0 Å². The van der Waals surface area contributed by atoms with Gasteiger partial charge in [-0.25, -0.2) is 9.97 Å². The normalized spacial score (nSPS) is 15.3. The molecule has 0 fully saturated rings. The fourth-order valence-electron chi connectivity index (χ4n) is 3.99. The first kappa shape index (κ1) is 13.8. The Labute approximate surface area is 140 Å². The number of hydrogen-bond donors (Lipinski definition) is 0. The smallest absolute Gasteiger partial charge is 0.0958 e. The van der Waals surface area contributed by atoms with Crippen molar-refractivity contribution in [1.82, 2.24) is 19.1 Å². The summed E-state index contributed by atoms with van der Waals surface area (Å²) in [6.07, 6.45) is 8.87. The van der Waals surface area contributed by atoms with Gasteiger partial charge < -0.3 is 9.13 Å². The standard InChI is InChI=1S/C11H12N2.C9H8N2/c1-2-7-13-8-12-10-6-3-5-9(4-1)11(10)13;1-2-7-4-5-11-6-10-8(3-1)9(7)11/h3,5-6,8H,1-2,4,7H2;1-3,6H,4-5H2. The zero-order valence-corrected chi connectivity index (χ0v) is 13.7. The molecule has 2 aromatic carbocycles. The monoisotopic (exact) mass is 316 g/mol. The third-order valence-corrected chi connectivity index (χ3v) is 5.16. The number of aromatic nitrogens is 4. The highest BCUT2D eigenvalue weighted by Gasteiger charge is 2.13. The van der Waals surface area contributed by atoms with Crippen LogP contribution in [0.2, 0.25) is 0 Å². The van der Waals surface area contributed by atoms with Crippen LogP contribution in [-0.4, -0.2) is 19.1 Å². The molecule has 0 saturated carbocycles. The Morgan fingerprint density at radius 3 is 2.00 bits per heavy atom. The molecule has 0 aliphatic carbocycles. The van der Waals surface area contributed by atoms with Gasteiger partial charge in [0.05, 0.1) is 34.7 Å². The zero-order chi connectivity index (χ0) is 15.9. The number of benzene rings is 2. The first-order valence-corrected chi connectivity index (χ1v) is 8.75. The number of rotatable bonds is 0. The van der Waals surface area contributed by atoms with Gasteiger partial charge in [-0.3, -0.25) is 0 Å². The van der Waals surface area contributed by atoms with Gasteiger partial charge in [-0.2, -0.15) is 0 Å². The van der Waals surface area contributed by atoms with Crippen LogP contribution in [0.15, 0.2) is 49.1 Å². The van der Waals surface area contributed by atoms with E-state index in [9.17, 15) is 0 Å². The summed E-state index contributed by atoms with van der Waals surface area (Å²) in [5.74, 6) is 0. The van der Waals surface area contributed by atoms with Crippen LogP contribution >= 0.6 is 0 Å². The van der Waals surface area contributed by atoms with Gasteiger partial charge in [-0.05, 0) is 48.9 Å². The number of nitrogens with zero attached hydrogens (tertiary/aromatic N) is 4. The molecule has 0 N–H and O–H groups in total. The second kappa shape index (κ2) is 5.48. The lowest BCUT2D eigenvalue weighted by Crippen LogP contribution is -1.93. The van der Waals surface area contributed by atoms with Crippen molar-refractivity contribution in [3.05, 3.63) is 60.2 Å². The van der Waals surface area contributed by atoms with Crippen molar-refractivity contribution in [2.45, 2.75) is 38.8 Å². The predicted molar refractivity (Wildman–Crippen MR) is 96.1 cm³/mol. The summed E-state index contributed by atoms with van der Waals surface area (Å²) in [5, 5.41) is 0. The van der Waals surface area contributed by atoms with Gasteiger partial charge in [0, 0.05) is 13.1 Å². The van der Waals surface area contributed by atoms with E-state index in [1.165, 1.54) is 47.8 Å². The second-order valence-electron chi connectivity index (χ2n) is 6.65. The fourth-order valence-corrected chi connectivity index (χ4v) is 3.99. The summed E-state index contributed by atoms with van der Waals surface area (Å²) in [6.45, 7) is 2.24. The van der Waals surface area contributed by atoms with Crippen LogP contribution in [0.3, 0.4) is 0 Å². The molecule has 120 valence electrons. The average Bonchev–Trinajstić information content (AvgIpc) is 3.29. The van der Waals surface area contributed by atoms with Crippen molar-refractivity contribution in [1.29, 1.82) is 0 Å². The molecule has 0 spiro atoms. The molecular formula is C20H20N4. The minimum atomic E-state index is 1.11. The van der Waals surface area contributed by atoms with E-state index in [0.717, 1.165) is 24.1 Å². The van der Waals surface area contributed by atoms with Gasteiger partial charge in [-0.1, -0.05) is 24.3 Å². The number of aryl methyl sites for hydroxylation is 4. The molecule has 2 aliphatic rings. The molecule has 4 nitrogen and oxygen atoms in total. The summed E-state index contributed by atoms with van der Waals surface area (Å²) in [4.78, 5) is 8.69. The van der Waals surface area contributed by atoms with Crippen LogP contribution in [0.4, 0.5) is 0 Å². The van der Waals surface area contributed by atoms with Gasteiger partial charge in [0.15, 0.2) is 0 Å². The highest BCUT2D eigenvalue weighted by molar-refractivity contribution is 5.80. The predicted octanol–water partition coefficient (Wildman–Crippen LogP) is 3.97. The lowest BCUT2D eigenvalue weighted by atomic mass is 10.1. The van der Waals surface area contributed by atoms with Gasteiger partial charge in [0.25, 0.3) is 0 Å². The molecule has 0 saturated heterocycles. The first-order valence-electron chi connectivity index (χ1n) is 8.75. The van der Waals surface area contributed by atoms with E-state index in [4.69, 9.17) is 0 Å². The summed E-state index contributed by atoms with van der Waals surface area (Å²) in [5.41, 5.74) is 7.90. The Morgan fingerprint density at radius 1 is 0.667 bits per heavy atom. The average molecular weight is 316 g/mol. The Hall–Kier alpha value is -2.62. The van der Waals surface area contributed by atoms with E-state index in [2.05, 4.69) is 55.5 Å². The molecule has 0 amide bonds. The van der Waals surface area contributed by atoms with Crippen LogP contribution in [0.1, 0.15) is 24.0 Å². The van der Waals surface area contributed by atoms with Crippen molar-refractivity contribution in [2.75, 3.05) is 0 Å². The quantitative estimate of drug-likeness (QED) is 0.492. The molecule has 4 aromatic rings. The lowest BCUT2D eigenvalue weighted by molar-refractivity contribution is 0.640. The lowest BCUT2D eigenvalue weighted by Gasteiger charge is -2.00. The second-order valence-corrected chi connectivity index (χ2v) is 6.65. The maximum atomic E-state index is 4.39. The maximum absolute atomic E-state index is 4.39. The first-order chi connectivity index (χ1) is 11.9. The van der Waals surface area contributed by atoms with Crippen molar-refractivity contribution < 1.29 is 0 Å². The van der Waals surface area contributed by atoms with Gasteiger partial charge in [0.1, 0.15) is 0 Å². The number of hydrogen-bond acceptors (Lipinski definition) is 2. The highest BCUT2D eigenvalue weighted by Crippen LogP contribution is 2.24. The summed E-state index contributed by atoms with van der Waals surface area (Å²) in [7, 11) is 0. The van der Waals surface area contributed by atoms with E-state index in [1.807, 2.05) is 12.7 Å². The number of imidazole rings is 2. The molecule has 0 atom stereocenters. The molecule has 24 heavy (non-hydrogen) atoms. The van der Waals surface area contributed by atoms with Crippen LogP contribution in [0, 0.1) is 0 Å². The highest BCUT2D eigenvalue weighted by atomic mass is 15.1. The van der Waals surface area contributed by atoms with Crippen LogP contribution in [0.25, 0.3) is 22.1 Å². The van der Waals surface area contributed by atoms with E-state index < -0.39 is 0 Å². The third kappa shape index (κ3) is 2.13. The van der Waals surface area contributed by atoms with Crippen LogP contribution in [-0.2, 0) is 25.9 Å². The topological polar surface area (TPSA) is 35.6 Å². The summed E-state index contributed by atoms with van der Waals surface area (Å²) in [6, 6.07) is 12.8. The molecule has 0 bridgehead atoms. The van der Waals surface area contributed by atoms with Crippen LogP contribution < -0.4 is 0 Å². The minimum absolute atomic E-state index is 1.11. The summed E-state index contributed by atoms with van der Waals surface area (Å²) < 4.78 is 4.52. The molecule has 6 rings (SSSR count).